The van der Waals surface area contributed by atoms with Crippen molar-refractivity contribution in [3.8, 4) is 0 Å². The zero-order chi connectivity index (χ0) is 36.7. The molecule has 1 aliphatic rings. The Labute approximate surface area is 296 Å². The van der Waals surface area contributed by atoms with Crippen LogP contribution in [0.1, 0.15) is 45.1 Å². The molecule has 14 heteroatoms. The van der Waals surface area contributed by atoms with Gasteiger partial charge in [-0.15, -0.1) is 0 Å². The number of pyridine rings is 1. The smallest absolute Gasteiger partial charge is 0.286 e. The van der Waals surface area contributed by atoms with Crippen molar-refractivity contribution in [3.63, 3.8) is 0 Å². The van der Waals surface area contributed by atoms with Crippen molar-refractivity contribution in [2.45, 2.75) is 76.7 Å². The Hall–Kier alpha value is -5.66. The molecule has 1 fully saturated rings. The van der Waals surface area contributed by atoms with Gasteiger partial charge in [-0.2, -0.15) is 0 Å². The van der Waals surface area contributed by atoms with Gasteiger partial charge in [-0.25, -0.2) is 8.97 Å². The van der Waals surface area contributed by atoms with Crippen LogP contribution in [-0.2, 0) is 36.9 Å². The van der Waals surface area contributed by atoms with Crippen molar-refractivity contribution >= 4 is 46.1 Å². The average molecular weight is 700 g/mol. The number of nitrogens with zero attached hydrogens (tertiary/aromatic N) is 3. The lowest BCUT2D eigenvalue weighted by Crippen LogP contribution is -2.59. The fourth-order valence-electron chi connectivity index (χ4n) is 6.67. The number of benzene rings is 1. The molecule has 0 radical (unpaired) electrons. The predicted molar refractivity (Wildman–Crippen MR) is 190 cm³/mol. The Morgan fingerprint density at radius 2 is 1.67 bits per heavy atom. The van der Waals surface area contributed by atoms with Crippen molar-refractivity contribution < 1.29 is 33.5 Å². The molecule has 4 atom stereocenters. The molecule has 5 rings (SSSR count). The van der Waals surface area contributed by atoms with Crippen LogP contribution < -0.4 is 25.7 Å². The van der Waals surface area contributed by atoms with Crippen LogP contribution in [0.5, 0.6) is 0 Å². The first-order valence-corrected chi connectivity index (χ1v) is 17.2. The average Bonchev–Trinajstić information content (AvgIpc) is 3.70. The summed E-state index contributed by atoms with van der Waals surface area (Å²) in [7, 11) is 1.50. The Balaban J connectivity index is 1.40. The maximum absolute atomic E-state index is 14.3. The number of aromatic amines is 1. The summed E-state index contributed by atoms with van der Waals surface area (Å²) in [5.74, 6) is -3.78. The van der Waals surface area contributed by atoms with Gasteiger partial charge in [0.25, 0.3) is 5.65 Å². The molecule has 270 valence electrons. The highest BCUT2D eigenvalue weighted by Gasteiger charge is 2.37. The van der Waals surface area contributed by atoms with Crippen LogP contribution in [0.2, 0.25) is 0 Å². The van der Waals surface area contributed by atoms with Crippen molar-refractivity contribution in [2.24, 2.45) is 5.92 Å². The number of aliphatic hydroxyl groups is 1. The first-order valence-electron chi connectivity index (χ1n) is 17.2. The topological polar surface area (TPSA) is 182 Å². The number of nitrogens with one attached hydrogen (secondary N) is 5. The number of fused-ring (bicyclic) bond motifs is 2. The summed E-state index contributed by atoms with van der Waals surface area (Å²) in [6.45, 7) is 7.28. The fourth-order valence-corrected chi connectivity index (χ4v) is 6.67. The van der Waals surface area contributed by atoms with Crippen molar-refractivity contribution in [3.05, 3.63) is 85.2 Å². The number of hydrogen-bond donors (Lipinski definition) is 6. The first kappa shape index (κ1) is 36.6. The number of amides is 5. The van der Waals surface area contributed by atoms with E-state index in [1.807, 2.05) is 65.5 Å². The summed E-state index contributed by atoms with van der Waals surface area (Å²) in [4.78, 5) is 72.9. The number of rotatable bonds is 10. The first-order chi connectivity index (χ1) is 24.4. The second-order valence-electron chi connectivity index (χ2n) is 13.4. The van der Waals surface area contributed by atoms with E-state index in [9.17, 15) is 29.1 Å². The molecule has 0 spiro atoms. The minimum atomic E-state index is -1.29. The van der Waals surface area contributed by atoms with Gasteiger partial charge in [-0.1, -0.05) is 44.7 Å². The Morgan fingerprint density at radius 1 is 0.922 bits per heavy atom. The molecule has 5 amide bonds. The van der Waals surface area contributed by atoms with E-state index in [2.05, 4.69) is 37.4 Å². The molecule has 14 nitrogen and oxygen atoms in total. The molecule has 4 aromatic rings. The molecule has 6 N–H and O–H groups in total. The van der Waals surface area contributed by atoms with E-state index in [1.54, 1.807) is 20.0 Å². The SMILES string of the molecule is C=C(O)C[C@@H]1NC(=O)CNC(=O)[C@H](CCCCn2cc[n+]3ccccc23)NC(=O)[C@H](C(C)C)N(C)C(=O)[C@@H](Cc2c[nH]c3ccccc23)NC1=O. The molecule has 1 aromatic carbocycles. The van der Waals surface area contributed by atoms with Gasteiger partial charge in [0, 0.05) is 43.1 Å². The highest BCUT2D eigenvalue weighted by Crippen LogP contribution is 2.21. The van der Waals surface area contributed by atoms with Crippen molar-refractivity contribution in [2.75, 3.05) is 13.6 Å². The third-order valence-electron chi connectivity index (χ3n) is 9.24. The van der Waals surface area contributed by atoms with E-state index in [0.717, 1.165) is 22.1 Å². The third-order valence-corrected chi connectivity index (χ3v) is 9.24. The van der Waals surface area contributed by atoms with E-state index in [-0.39, 0.29) is 30.9 Å². The minimum Gasteiger partial charge on any atom is -0.513 e. The summed E-state index contributed by atoms with van der Waals surface area (Å²) >= 11 is 0. The molecule has 0 saturated carbocycles. The van der Waals surface area contributed by atoms with Gasteiger partial charge in [0.1, 0.15) is 36.6 Å². The molecule has 0 unspecified atom stereocenters. The third kappa shape index (κ3) is 8.93. The number of hydrogen-bond acceptors (Lipinski definition) is 6. The van der Waals surface area contributed by atoms with Gasteiger partial charge in [-0.3, -0.25) is 24.0 Å². The summed E-state index contributed by atoms with van der Waals surface area (Å²) in [5, 5.41) is 21.6. The number of aryl methyl sites for hydroxylation is 1. The predicted octanol–water partition coefficient (Wildman–Crippen LogP) is 1.65. The molecule has 1 saturated heterocycles. The van der Waals surface area contributed by atoms with Crippen LogP contribution in [0.25, 0.3) is 16.6 Å². The summed E-state index contributed by atoms with van der Waals surface area (Å²) < 4.78 is 4.12. The lowest BCUT2D eigenvalue weighted by molar-refractivity contribution is -0.510. The van der Waals surface area contributed by atoms with E-state index in [0.29, 0.717) is 19.4 Å². The van der Waals surface area contributed by atoms with Gasteiger partial charge < -0.3 is 36.3 Å². The second-order valence-corrected chi connectivity index (χ2v) is 13.4. The zero-order valence-electron chi connectivity index (χ0n) is 29.2. The van der Waals surface area contributed by atoms with Crippen LogP contribution in [0.3, 0.4) is 0 Å². The number of aromatic nitrogens is 3. The van der Waals surface area contributed by atoms with Crippen LogP contribution >= 0.6 is 0 Å². The standard InChI is InChI=1S/C37H46N8O6/c1-23(2)33-36(50)41-28(13-7-9-15-44-17-18-45-16-10-8-14-32(44)45)34(48)39-22-31(47)40-29(19-24(3)46)35(49)42-30(37(51)43(33)4)20-25-21-38-27-12-6-5-11-26(25)27/h5-6,8,10-12,14,16-18,21,23,28-30,33,38H,3,7,9,13,15,19-20,22H2,1-2,4H3,(H4-,39,40,41,42,46,47,48,49,50)/p+1/t28-,29-,30+,33-/m0/s1. The molecule has 3 aromatic heterocycles. The normalized spacial score (nSPS) is 21.2. The van der Waals surface area contributed by atoms with Gasteiger partial charge in [-0.05, 0) is 42.9 Å². The van der Waals surface area contributed by atoms with Crippen LogP contribution in [0, 0.1) is 5.92 Å². The maximum atomic E-state index is 14.3. The quantitative estimate of drug-likeness (QED) is 0.0832. The van der Waals surface area contributed by atoms with Crippen molar-refractivity contribution in [1.82, 2.24) is 35.7 Å². The monoisotopic (exact) mass is 699 g/mol. The second kappa shape index (κ2) is 16.4. The fraction of sp³-hybridized carbons (Fsp3) is 0.405. The maximum Gasteiger partial charge on any atom is 0.286 e. The number of carbonyl (C=O) groups excluding carboxylic acids is 5. The Bertz CT molecular complexity index is 1910. The van der Waals surface area contributed by atoms with Gasteiger partial charge in [0.15, 0.2) is 0 Å². The zero-order valence-corrected chi connectivity index (χ0v) is 29.2. The number of carbonyl (C=O) groups is 5. The summed E-state index contributed by atoms with van der Waals surface area (Å²) in [6, 6.07) is 9.04. The van der Waals surface area contributed by atoms with Crippen molar-refractivity contribution in [1.29, 1.82) is 0 Å². The van der Waals surface area contributed by atoms with Crippen LogP contribution in [0.15, 0.2) is 79.6 Å². The lowest BCUT2D eigenvalue weighted by Gasteiger charge is -2.34. The van der Waals surface area contributed by atoms with Gasteiger partial charge >= 0.3 is 0 Å². The van der Waals surface area contributed by atoms with Crippen LogP contribution in [0.4, 0.5) is 0 Å². The number of aliphatic hydroxyl groups excluding tert-OH is 1. The van der Waals surface area contributed by atoms with Crippen LogP contribution in [-0.4, -0.2) is 86.9 Å². The summed E-state index contributed by atoms with van der Waals surface area (Å²) in [5.41, 5.74) is 2.63. The molecular formula is C37H47N8O6+. The molecule has 51 heavy (non-hydrogen) atoms. The van der Waals surface area contributed by atoms with Gasteiger partial charge in [0.05, 0.1) is 25.0 Å². The number of H-pyrrole nitrogens is 1. The molecular weight excluding hydrogens is 652 g/mol. The Kier molecular flexibility index (Phi) is 11.7. The molecule has 0 bridgehead atoms. The largest absolute Gasteiger partial charge is 0.513 e. The lowest BCUT2D eigenvalue weighted by atomic mass is 9.98. The molecule has 1 aliphatic heterocycles. The minimum absolute atomic E-state index is 0.0734. The molecule has 0 aliphatic carbocycles. The van der Waals surface area contributed by atoms with E-state index >= 15 is 0 Å². The highest BCUT2D eigenvalue weighted by molar-refractivity contribution is 5.97. The number of likely N-dealkylation sites (N-methyl/N-ethyl adjacent to an activating group) is 1. The van der Waals surface area contributed by atoms with E-state index < -0.39 is 60.2 Å². The Morgan fingerprint density at radius 3 is 2.43 bits per heavy atom. The highest BCUT2D eigenvalue weighted by atomic mass is 16.3. The number of para-hydroxylation sites is 1. The summed E-state index contributed by atoms with van der Waals surface area (Å²) in [6.07, 6.45) is 9.00. The number of unbranched alkanes of at least 4 members (excludes halogenated alkanes) is 1. The van der Waals surface area contributed by atoms with Gasteiger partial charge in [0.2, 0.25) is 29.5 Å². The van der Waals surface area contributed by atoms with E-state index in [1.165, 1.54) is 11.9 Å². The van der Waals surface area contributed by atoms with E-state index in [4.69, 9.17) is 0 Å². The molecule has 4 heterocycles. The number of imidazole rings is 1.